The number of pyridine rings is 1. The Labute approximate surface area is 182 Å². The zero-order valence-electron chi connectivity index (χ0n) is 18.9. The number of piperazine rings is 1. The Hall–Kier alpha value is -2.87. The SMILES string of the molecule is Cc1cncc(C)c1N1CCN(C(c2ccc(F)cc2)c2nnnn2C(C)(C)C)CC1. The first-order valence-corrected chi connectivity index (χ1v) is 10.7. The first kappa shape index (κ1) is 21.4. The third-order valence-corrected chi connectivity index (χ3v) is 5.84. The molecular formula is C23H30FN7. The summed E-state index contributed by atoms with van der Waals surface area (Å²) in [6.07, 6.45) is 3.85. The van der Waals surface area contributed by atoms with Crippen LogP contribution in [-0.2, 0) is 5.54 Å². The molecule has 3 heterocycles. The molecule has 0 radical (unpaired) electrons. The molecule has 7 nitrogen and oxygen atoms in total. The van der Waals surface area contributed by atoms with Gasteiger partial charge in [-0.15, -0.1) is 5.10 Å². The molecule has 1 atom stereocenters. The fourth-order valence-electron chi connectivity index (χ4n) is 4.41. The Morgan fingerprint density at radius 1 is 0.935 bits per heavy atom. The Morgan fingerprint density at radius 3 is 2.13 bits per heavy atom. The lowest BCUT2D eigenvalue weighted by Crippen LogP contribution is -2.49. The second-order valence-electron chi connectivity index (χ2n) is 9.22. The number of hydrogen-bond acceptors (Lipinski definition) is 6. The molecule has 1 saturated heterocycles. The van der Waals surface area contributed by atoms with Crippen molar-refractivity contribution in [2.24, 2.45) is 0 Å². The summed E-state index contributed by atoms with van der Waals surface area (Å²) < 4.78 is 15.5. The molecule has 0 aliphatic carbocycles. The maximum Gasteiger partial charge on any atom is 0.173 e. The predicted molar refractivity (Wildman–Crippen MR) is 119 cm³/mol. The maximum absolute atomic E-state index is 13.6. The smallest absolute Gasteiger partial charge is 0.173 e. The molecule has 2 aromatic heterocycles. The monoisotopic (exact) mass is 423 g/mol. The van der Waals surface area contributed by atoms with Crippen LogP contribution in [0.2, 0.25) is 0 Å². The lowest BCUT2D eigenvalue weighted by molar-refractivity contribution is 0.191. The van der Waals surface area contributed by atoms with Gasteiger partial charge in [0.25, 0.3) is 0 Å². The van der Waals surface area contributed by atoms with E-state index in [9.17, 15) is 4.39 Å². The van der Waals surface area contributed by atoms with E-state index in [2.05, 4.69) is 64.9 Å². The van der Waals surface area contributed by atoms with E-state index in [1.165, 1.54) is 28.9 Å². The Bertz CT molecular complexity index is 1010. The standard InChI is InChI=1S/C23H30FN7/c1-16-14-25-15-17(2)20(16)29-10-12-30(13-11-29)21(18-6-8-19(24)9-7-18)22-26-27-28-31(22)23(3,4)5/h6-9,14-15,21H,10-13H2,1-5H3. The fraction of sp³-hybridized carbons (Fsp3) is 0.478. The molecule has 0 amide bonds. The minimum atomic E-state index is -0.260. The van der Waals surface area contributed by atoms with E-state index in [0.717, 1.165) is 37.6 Å². The number of halogens is 1. The molecule has 1 aliphatic heterocycles. The zero-order valence-corrected chi connectivity index (χ0v) is 18.9. The van der Waals surface area contributed by atoms with Gasteiger partial charge in [0.05, 0.1) is 11.6 Å². The summed E-state index contributed by atoms with van der Waals surface area (Å²) >= 11 is 0. The van der Waals surface area contributed by atoms with Gasteiger partial charge in [-0.1, -0.05) is 12.1 Å². The molecular weight excluding hydrogens is 393 g/mol. The van der Waals surface area contributed by atoms with Crippen LogP contribution in [0.25, 0.3) is 0 Å². The Balaban J connectivity index is 1.65. The highest BCUT2D eigenvalue weighted by Crippen LogP contribution is 2.32. The summed E-state index contributed by atoms with van der Waals surface area (Å²) in [5, 5.41) is 12.7. The number of nitrogens with zero attached hydrogens (tertiary/aromatic N) is 7. The van der Waals surface area contributed by atoms with E-state index in [1.807, 2.05) is 29.2 Å². The number of aromatic nitrogens is 5. The molecule has 1 aromatic carbocycles. The highest BCUT2D eigenvalue weighted by Gasteiger charge is 2.33. The van der Waals surface area contributed by atoms with Gasteiger partial charge in [0.15, 0.2) is 5.82 Å². The molecule has 0 spiro atoms. The molecule has 4 rings (SSSR count). The number of rotatable bonds is 4. The summed E-state index contributed by atoms with van der Waals surface area (Å²) in [7, 11) is 0. The van der Waals surface area contributed by atoms with Crippen LogP contribution < -0.4 is 4.90 Å². The van der Waals surface area contributed by atoms with Crippen molar-refractivity contribution < 1.29 is 4.39 Å². The van der Waals surface area contributed by atoms with Crippen molar-refractivity contribution in [3.8, 4) is 0 Å². The van der Waals surface area contributed by atoms with Gasteiger partial charge in [-0.3, -0.25) is 9.88 Å². The van der Waals surface area contributed by atoms with Crippen molar-refractivity contribution in [3.05, 3.63) is 65.0 Å². The first-order chi connectivity index (χ1) is 14.8. The molecule has 164 valence electrons. The molecule has 1 aliphatic rings. The molecule has 8 heteroatoms. The molecule has 31 heavy (non-hydrogen) atoms. The first-order valence-electron chi connectivity index (χ1n) is 10.7. The van der Waals surface area contributed by atoms with Crippen molar-refractivity contribution in [1.29, 1.82) is 0 Å². The molecule has 1 fully saturated rings. The lowest BCUT2D eigenvalue weighted by Gasteiger charge is -2.41. The second kappa shape index (κ2) is 8.34. The minimum absolute atomic E-state index is 0.142. The zero-order chi connectivity index (χ0) is 22.2. The Kier molecular flexibility index (Phi) is 5.75. The van der Waals surface area contributed by atoms with Crippen molar-refractivity contribution in [2.75, 3.05) is 31.1 Å². The Morgan fingerprint density at radius 2 is 1.55 bits per heavy atom. The topological polar surface area (TPSA) is 63.0 Å². The average Bonchev–Trinajstić information content (AvgIpc) is 3.21. The third kappa shape index (κ3) is 4.30. The van der Waals surface area contributed by atoms with Gasteiger partial charge in [0, 0.05) is 44.3 Å². The van der Waals surface area contributed by atoms with Gasteiger partial charge in [-0.05, 0) is 73.9 Å². The van der Waals surface area contributed by atoms with Crippen LogP contribution in [0.5, 0.6) is 0 Å². The minimum Gasteiger partial charge on any atom is -0.368 e. The van der Waals surface area contributed by atoms with E-state index in [-0.39, 0.29) is 17.4 Å². The predicted octanol–water partition coefficient (Wildman–Crippen LogP) is 3.49. The van der Waals surface area contributed by atoms with Crippen LogP contribution in [0.4, 0.5) is 10.1 Å². The quantitative estimate of drug-likeness (QED) is 0.640. The highest BCUT2D eigenvalue weighted by atomic mass is 19.1. The largest absolute Gasteiger partial charge is 0.368 e. The van der Waals surface area contributed by atoms with Gasteiger partial charge in [-0.2, -0.15) is 0 Å². The van der Waals surface area contributed by atoms with Crippen molar-refractivity contribution >= 4 is 5.69 Å². The summed E-state index contributed by atoms with van der Waals surface area (Å²) in [4.78, 5) is 9.12. The second-order valence-corrected chi connectivity index (χ2v) is 9.22. The van der Waals surface area contributed by atoms with E-state index in [0.29, 0.717) is 0 Å². The van der Waals surface area contributed by atoms with Crippen LogP contribution in [0.1, 0.15) is 49.3 Å². The molecule has 0 bridgehead atoms. The molecule has 1 unspecified atom stereocenters. The van der Waals surface area contributed by atoms with Gasteiger partial charge < -0.3 is 4.90 Å². The number of benzene rings is 1. The summed E-state index contributed by atoms with van der Waals surface area (Å²) in [5.41, 5.74) is 4.39. The molecule has 0 saturated carbocycles. The van der Waals surface area contributed by atoms with Crippen molar-refractivity contribution in [3.63, 3.8) is 0 Å². The van der Waals surface area contributed by atoms with Gasteiger partial charge >= 0.3 is 0 Å². The fourth-order valence-corrected chi connectivity index (χ4v) is 4.41. The number of aryl methyl sites for hydroxylation is 2. The average molecular weight is 424 g/mol. The van der Waals surface area contributed by atoms with Crippen molar-refractivity contribution in [2.45, 2.75) is 46.2 Å². The number of tetrazole rings is 1. The molecule has 0 N–H and O–H groups in total. The van der Waals surface area contributed by atoms with Crippen LogP contribution in [0, 0.1) is 19.7 Å². The highest BCUT2D eigenvalue weighted by molar-refractivity contribution is 5.57. The van der Waals surface area contributed by atoms with Gasteiger partial charge in [-0.25, -0.2) is 9.07 Å². The lowest BCUT2D eigenvalue weighted by atomic mass is 10.0. The number of hydrogen-bond donors (Lipinski definition) is 0. The van der Waals surface area contributed by atoms with E-state index in [4.69, 9.17) is 0 Å². The normalized spacial score (nSPS) is 16.5. The van der Waals surface area contributed by atoms with Gasteiger partial charge in [0.2, 0.25) is 0 Å². The van der Waals surface area contributed by atoms with E-state index >= 15 is 0 Å². The van der Waals surface area contributed by atoms with E-state index < -0.39 is 0 Å². The summed E-state index contributed by atoms with van der Waals surface area (Å²) in [6.45, 7) is 14.0. The van der Waals surface area contributed by atoms with Crippen LogP contribution in [0.15, 0.2) is 36.7 Å². The number of anilines is 1. The van der Waals surface area contributed by atoms with Crippen molar-refractivity contribution in [1.82, 2.24) is 30.1 Å². The summed E-state index contributed by atoms with van der Waals surface area (Å²) in [5.74, 6) is 0.537. The molecule has 3 aromatic rings. The van der Waals surface area contributed by atoms with Gasteiger partial charge in [0.1, 0.15) is 5.82 Å². The van der Waals surface area contributed by atoms with Crippen LogP contribution >= 0.6 is 0 Å². The maximum atomic E-state index is 13.6. The van der Waals surface area contributed by atoms with Crippen LogP contribution in [0.3, 0.4) is 0 Å². The van der Waals surface area contributed by atoms with E-state index in [1.54, 1.807) is 0 Å². The van der Waals surface area contributed by atoms with Crippen LogP contribution in [-0.4, -0.2) is 56.3 Å². The summed E-state index contributed by atoms with van der Waals surface area (Å²) in [6, 6.07) is 6.55. The third-order valence-electron chi connectivity index (χ3n) is 5.84.